The molecule has 0 atom stereocenters. The first-order chi connectivity index (χ1) is 7.72. The molecule has 0 bridgehead atoms. The molecule has 0 aliphatic carbocycles. The van der Waals surface area contributed by atoms with E-state index in [-0.39, 0.29) is 0 Å². The molecule has 0 amide bonds. The summed E-state index contributed by atoms with van der Waals surface area (Å²) in [5.41, 5.74) is 2.72. The highest BCUT2D eigenvalue weighted by molar-refractivity contribution is 6.25. The Morgan fingerprint density at radius 3 is 2.56 bits per heavy atom. The van der Waals surface area contributed by atoms with Crippen LogP contribution in [0.5, 0.6) is 5.75 Å². The molecule has 3 heteroatoms. The van der Waals surface area contributed by atoms with Crippen molar-refractivity contribution in [3.8, 4) is 5.75 Å². The Hall–Kier alpha value is -0.990. The maximum atomic E-state index is 5.44. The van der Waals surface area contributed by atoms with Crippen LogP contribution >= 0.6 is 11.6 Å². The lowest BCUT2D eigenvalue weighted by Crippen LogP contribution is -2.21. The van der Waals surface area contributed by atoms with Crippen molar-refractivity contribution in [2.24, 2.45) is 0 Å². The van der Waals surface area contributed by atoms with E-state index in [0.717, 1.165) is 12.3 Å². The summed E-state index contributed by atoms with van der Waals surface area (Å²) in [6.45, 7) is 5.67. The highest BCUT2D eigenvalue weighted by atomic mass is 35.5. The topological polar surface area (TPSA) is 21.3 Å². The van der Waals surface area contributed by atoms with E-state index in [4.69, 9.17) is 16.3 Å². The number of hydrogen-bond acceptors (Lipinski definition) is 2. The Kier molecular flexibility index (Phi) is 5.98. The van der Waals surface area contributed by atoms with Crippen LogP contribution in [0.3, 0.4) is 0 Å². The van der Waals surface area contributed by atoms with Crippen molar-refractivity contribution in [1.29, 1.82) is 0 Å². The number of halogens is 1. The first kappa shape index (κ1) is 13.1. The zero-order valence-electron chi connectivity index (χ0n) is 9.74. The summed E-state index contributed by atoms with van der Waals surface area (Å²) in [6, 6.07) is 8.58. The lowest BCUT2D eigenvalue weighted by molar-refractivity contribution is 0.363. The summed E-state index contributed by atoms with van der Waals surface area (Å²) >= 11 is 5.40. The van der Waals surface area contributed by atoms with Gasteiger partial charge < -0.3 is 10.1 Å². The van der Waals surface area contributed by atoms with Crippen molar-refractivity contribution in [1.82, 2.24) is 5.32 Å². The minimum atomic E-state index is 0.504. The fraction of sp³-hybridized carbons (Fsp3) is 0.385. The third kappa shape index (κ3) is 5.19. The minimum Gasteiger partial charge on any atom is -0.490 e. The van der Waals surface area contributed by atoms with Gasteiger partial charge in [-0.15, -0.1) is 0 Å². The molecule has 0 aliphatic rings. The highest BCUT2D eigenvalue weighted by Gasteiger charge is 1.96. The Morgan fingerprint density at radius 2 is 2.00 bits per heavy atom. The van der Waals surface area contributed by atoms with E-state index in [1.165, 1.54) is 11.1 Å². The third-order valence-corrected chi connectivity index (χ3v) is 2.25. The van der Waals surface area contributed by atoms with Crippen molar-refractivity contribution >= 4 is 11.6 Å². The van der Waals surface area contributed by atoms with Crippen LogP contribution in [-0.2, 0) is 6.54 Å². The van der Waals surface area contributed by atoms with Gasteiger partial charge in [0.1, 0.15) is 12.4 Å². The third-order valence-electron chi connectivity index (χ3n) is 2.07. The lowest BCUT2D eigenvalue weighted by atomic mass is 10.2. The van der Waals surface area contributed by atoms with Gasteiger partial charge in [-0.3, -0.25) is 0 Å². The molecule has 1 aromatic carbocycles. The SMILES string of the molecule is CC(C)NCc1ccc(OC/C=C/Cl)cc1. The first-order valence-electron chi connectivity index (χ1n) is 5.42. The molecule has 0 unspecified atom stereocenters. The van der Waals surface area contributed by atoms with Crippen LogP contribution in [-0.4, -0.2) is 12.6 Å². The van der Waals surface area contributed by atoms with Gasteiger partial charge in [-0.25, -0.2) is 0 Å². The van der Waals surface area contributed by atoms with Gasteiger partial charge in [0.2, 0.25) is 0 Å². The van der Waals surface area contributed by atoms with Crippen LogP contribution in [0.15, 0.2) is 35.9 Å². The second kappa shape index (κ2) is 7.31. The van der Waals surface area contributed by atoms with Gasteiger partial charge in [0.25, 0.3) is 0 Å². The van der Waals surface area contributed by atoms with Gasteiger partial charge in [0, 0.05) is 18.1 Å². The number of ether oxygens (including phenoxy) is 1. The van der Waals surface area contributed by atoms with E-state index in [1.807, 2.05) is 12.1 Å². The molecular weight excluding hydrogens is 222 g/mol. The second-order valence-corrected chi connectivity index (χ2v) is 4.10. The quantitative estimate of drug-likeness (QED) is 0.823. The normalized spacial score (nSPS) is 11.2. The van der Waals surface area contributed by atoms with Crippen molar-refractivity contribution in [3.05, 3.63) is 41.4 Å². The molecular formula is C13H18ClNO. The molecule has 0 fully saturated rings. The van der Waals surface area contributed by atoms with E-state index < -0.39 is 0 Å². The molecule has 0 spiro atoms. The monoisotopic (exact) mass is 239 g/mol. The summed E-state index contributed by atoms with van der Waals surface area (Å²) in [6.07, 6.45) is 1.76. The fourth-order valence-corrected chi connectivity index (χ4v) is 1.28. The van der Waals surface area contributed by atoms with E-state index in [0.29, 0.717) is 12.6 Å². The minimum absolute atomic E-state index is 0.504. The largest absolute Gasteiger partial charge is 0.490 e. The van der Waals surface area contributed by atoms with Crippen LogP contribution in [0.4, 0.5) is 0 Å². The molecule has 0 heterocycles. The maximum Gasteiger partial charge on any atom is 0.119 e. The first-order valence-corrected chi connectivity index (χ1v) is 5.86. The van der Waals surface area contributed by atoms with Crippen LogP contribution in [0.25, 0.3) is 0 Å². The van der Waals surface area contributed by atoms with Crippen LogP contribution in [0.2, 0.25) is 0 Å². The maximum absolute atomic E-state index is 5.44. The van der Waals surface area contributed by atoms with E-state index >= 15 is 0 Å². The molecule has 1 rings (SSSR count). The zero-order valence-corrected chi connectivity index (χ0v) is 10.5. The average molecular weight is 240 g/mol. The van der Waals surface area contributed by atoms with Crippen molar-refractivity contribution in [3.63, 3.8) is 0 Å². The van der Waals surface area contributed by atoms with Gasteiger partial charge >= 0.3 is 0 Å². The van der Waals surface area contributed by atoms with Crippen LogP contribution < -0.4 is 10.1 Å². The second-order valence-electron chi connectivity index (χ2n) is 3.85. The van der Waals surface area contributed by atoms with Gasteiger partial charge in [-0.1, -0.05) is 37.6 Å². The van der Waals surface area contributed by atoms with Gasteiger partial charge in [-0.2, -0.15) is 0 Å². The smallest absolute Gasteiger partial charge is 0.119 e. The average Bonchev–Trinajstić information content (AvgIpc) is 2.28. The number of nitrogens with one attached hydrogen (secondary N) is 1. The lowest BCUT2D eigenvalue weighted by Gasteiger charge is -2.08. The molecule has 0 radical (unpaired) electrons. The highest BCUT2D eigenvalue weighted by Crippen LogP contribution is 2.12. The van der Waals surface area contributed by atoms with E-state index in [1.54, 1.807) is 6.08 Å². The number of hydrogen-bond donors (Lipinski definition) is 1. The van der Waals surface area contributed by atoms with Crippen LogP contribution in [0, 0.1) is 0 Å². The van der Waals surface area contributed by atoms with Crippen molar-refractivity contribution in [2.75, 3.05) is 6.61 Å². The fourth-order valence-electron chi connectivity index (χ4n) is 1.21. The van der Waals surface area contributed by atoms with Crippen molar-refractivity contribution < 1.29 is 4.74 Å². The van der Waals surface area contributed by atoms with E-state index in [2.05, 4.69) is 31.3 Å². The standard InChI is InChI=1S/C13H18ClNO/c1-11(2)15-10-12-4-6-13(7-5-12)16-9-3-8-14/h3-8,11,15H,9-10H2,1-2H3/b8-3+. The molecule has 16 heavy (non-hydrogen) atoms. The predicted molar refractivity (Wildman–Crippen MR) is 68.9 cm³/mol. The number of rotatable bonds is 6. The summed E-state index contributed by atoms with van der Waals surface area (Å²) < 4.78 is 5.44. The van der Waals surface area contributed by atoms with Crippen molar-refractivity contribution in [2.45, 2.75) is 26.4 Å². The molecule has 0 aromatic heterocycles. The summed E-state index contributed by atoms with van der Waals surface area (Å²) in [5, 5.41) is 3.36. The molecule has 1 N–H and O–H groups in total. The van der Waals surface area contributed by atoms with E-state index in [9.17, 15) is 0 Å². The Bertz CT molecular complexity index is 319. The summed E-state index contributed by atoms with van der Waals surface area (Å²) in [7, 11) is 0. The van der Waals surface area contributed by atoms with Gasteiger partial charge in [0.15, 0.2) is 0 Å². The molecule has 1 aromatic rings. The predicted octanol–water partition coefficient (Wildman–Crippen LogP) is 3.32. The molecule has 0 saturated heterocycles. The van der Waals surface area contributed by atoms with Gasteiger partial charge in [0.05, 0.1) is 0 Å². The molecule has 0 saturated carbocycles. The molecule has 0 aliphatic heterocycles. The summed E-state index contributed by atoms with van der Waals surface area (Å²) in [5.74, 6) is 0.864. The summed E-state index contributed by atoms with van der Waals surface area (Å²) in [4.78, 5) is 0. The molecule has 88 valence electrons. The number of benzene rings is 1. The van der Waals surface area contributed by atoms with Gasteiger partial charge in [-0.05, 0) is 23.8 Å². The Morgan fingerprint density at radius 1 is 1.31 bits per heavy atom. The Labute approximate surface area is 102 Å². The van der Waals surface area contributed by atoms with Crippen LogP contribution in [0.1, 0.15) is 19.4 Å². The molecule has 2 nitrogen and oxygen atoms in total. The zero-order chi connectivity index (χ0) is 11.8. The Balaban J connectivity index is 2.41.